The summed E-state index contributed by atoms with van der Waals surface area (Å²) < 4.78 is 28.4. The first-order chi connectivity index (χ1) is 8.88. The van der Waals surface area contributed by atoms with Crippen molar-refractivity contribution >= 4 is 39.2 Å². The van der Waals surface area contributed by atoms with Crippen molar-refractivity contribution in [2.24, 2.45) is 0 Å². The lowest BCUT2D eigenvalue weighted by Gasteiger charge is -2.09. The third-order valence-corrected chi connectivity index (χ3v) is 4.19. The van der Waals surface area contributed by atoms with Gasteiger partial charge in [0.15, 0.2) is 0 Å². The summed E-state index contributed by atoms with van der Waals surface area (Å²) in [5.41, 5.74) is 2.70. The predicted octanol–water partition coefficient (Wildman–Crippen LogP) is 1.22. The molecule has 0 aliphatic carbocycles. The van der Waals surface area contributed by atoms with E-state index >= 15 is 0 Å². The molecule has 1 aliphatic heterocycles. The number of carbonyl (C=O) groups is 1. The minimum atomic E-state index is -3.82. The van der Waals surface area contributed by atoms with Crippen LogP contribution in [-0.4, -0.2) is 21.0 Å². The summed E-state index contributed by atoms with van der Waals surface area (Å²) in [5.74, 6) is -0.531. The molecular formula is C10H8Cl2N2O4S. The second-order valence-corrected chi connectivity index (χ2v) is 6.08. The Balaban J connectivity index is 2.12. The third kappa shape index (κ3) is 3.38. The van der Waals surface area contributed by atoms with E-state index in [2.05, 4.69) is 15.0 Å². The number of hydrogen-bond donors (Lipinski definition) is 2. The zero-order chi connectivity index (χ0) is 14.0. The summed E-state index contributed by atoms with van der Waals surface area (Å²) in [7, 11) is -3.82. The van der Waals surface area contributed by atoms with Gasteiger partial charge in [-0.15, -0.1) is 4.83 Å². The van der Waals surface area contributed by atoms with Crippen molar-refractivity contribution in [3.63, 3.8) is 0 Å². The summed E-state index contributed by atoms with van der Waals surface area (Å²) in [5, 5.41) is 0.384. The summed E-state index contributed by atoms with van der Waals surface area (Å²) in [6.45, 7) is -0.0112. The van der Waals surface area contributed by atoms with Crippen LogP contribution in [0.4, 0.5) is 0 Å². The molecule has 9 heteroatoms. The van der Waals surface area contributed by atoms with E-state index in [0.29, 0.717) is 5.70 Å². The van der Waals surface area contributed by atoms with Crippen LogP contribution in [0.15, 0.2) is 34.9 Å². The lowest BCUT2D eigenvalue weighted by Crippen LogP contribution is -2.37. The van der Waals surface area contributed by atoms with Crippen molar-refractivity contribution in [1.29, 1.82) is 0 Å². The van der Waals surface area contributed by atoms with E-state index in [1.165, 1.54) is 18.2 Å². The van der Waals surface area contributed by atoms with Gasteiger partial charge in [-0.1, -0.05) is 23.2 Å². The number of ether oxygens (including phenoxy) is 1. The summed E-state index contributed by atoms with van der Waals surface area (Å²) in [4.78, 5) is 12.8. The van der Waals surface area contributed by atoms with Crippen molar-refractivity contribution in [3.8, 4) is 0 Å². The fourth-order valence-electron chi connectivity index (χ4n) is 1.28. The maximum absolute atomic E-state index is 11.9. The molecule has 1 aliphatic rings. The number of hydrogen-bond acceptors (Lipinski definition) is 5. The van der Waals surface area contributed by atoms with Gasteiger partial charge >= 0.3 is 5.97 Å². The molecular weight excluding hydrogens is 315 g/mol. The van der Waals surface area contributed by atoms with E-state index in [4.69, 9.17) is 23.2 Å². The molecule has 2 rings (SSSR count). The van der Waals surface area contributed by atoms with Crippen LogP contribution < -0.4 is 10.3 Å². The van der Waals surface area contributed by atoms with E-state index in [1.807, 2.05) is 0 Å². The number of hydrazine groups is 1. The number of benzene rings is 1. The van der Waals surface area contributed by atoms with Gasteiger partial charge in [-0.25, -0.2) is 13.2 Å². The number of halogens is 2. The predicted molar refractivity (Wildman–Crippen MR) is 69.0 cm³/mol. The summed E-state index contributed by atoms with van der Waals surface area (Å²) in [6, 6.07) is 3.90. The molecule has 0 saturated heterocycles. The highest BCUT2D eigenvalue weighted by atomic mass is 35.5. The molecule has 19 heavy (non-hydrogen) atoms. The Labute approximate surface area is 119 Å². The van der Waals surface area contributed by atoms with Gasteiger partial charge in [0.05, 0.1) is 20.6 Å². The van der Waals surface area contributed by atoms with E-state index in [0.717, 1.165) is 6.08 Å². The molecule has 0 atom stereocenters. The minimum absolute atomic E-state index is 0.0112. The first-order valence-electron chi connectivity index (χ1n) is 4.99. The smallest absolute Gasteiger partial charge is 0.333 e. The normalized spacial score (nSPS) is 15.1. The molecule has 6 nitrogen and oxygen atoms in total. The molecule has 0 spiro atoms. The quantitative estimate of drug-likeness (QED) is 0.643. The Hall–Kier alpha value is -1.28. The lowest BCUT2D eigenvalue weighted by atomic mass is 10.4. The number of cyclic esters (lactones) is 1. The van der Waals surface area contributed by atoms with Crippen LogP contribution in [0.5, 0.6) is 0 Å². The van der Waals surface area contributed by atoms with Crippen molar-refractivity contribution in [1.82, 2.24) is 10.3 Å². The average Bonchev–Trinajstić information content (AvgIpc) is 2.76. The van der Waals surface area contributed by atoms with Gasteiger partial charge in [-0.3, -0.25) is 0 Å². The maximum atomic E-state index is 11.9. The number of esters is 1. The topological polar surface area (TPSA) is 84.5 Å². The van der Waals surface area contributed by atoms with Crippen LogP contribution >= 0.6 is 23.2 Å². The minimum Gasteiger partial charge on any atom is -0.456 e. The molecule has 1 aromatic rings. The molecule has 1 heterocycles. The van der Waals surface area contributed by atoms with E-state index in [-0.39, 0.29) is 21.5 Å². The van der Waals surface area contributed by atoms with Gasteiger partial charge in [0.25, 0.3) is 10.0 Å². The molecule has 0 unspecified atom stereocenters. The fraction of sp³-hybridized carbons (Fsp3) is 0.100. The molecule has 0 bridgehead atoms. The second kappa shape index (κ2) is 5.38. The van der Waals surface area contributed by atoms with Crippen LogP contribution in [0.3, 0.4) is 0 Å². The largest absolute Gasteiger partial charge is 0.456 e. The van der Waals surface area contributed by atoms with Crippen LogP contribution in [-0.2, 0) is 19.6 Å². The monoisotopic (exact) mass is 322 g/mol. The summed E-state index contributed by atoms with van der Waals surface area (Å²) >= 11 is 11.4. The number of sulfonamides is 1. The molecule has 0 amide bonds. The molecule has 0 saturated carbocycles. The Morgan fingerprint density at radius 3 is 2.53 bits per heavy atom. The van der Waals surface area contributed by atoms with Crippen LogP contribution in [0, 0.1) is 0 Å². The van der Waals surface area contributed by atoms with Crippen LogP contribution in [0.2, 0.25) is 10.0 Å². The third-order valence-electron chi connectivity index (χ3n) is 2.21. The Morgan fingerprint density at radius 1 is 1.21 bits per heavy atom. The number of rotatable bonds is 4. The van der Waals surface area contributed by atoms with Crippen molar-refractivity contribution in [3.05, 3.63) is 40.0 Å². The molecule has 102 valence electrons. The van der Waals surface area contributed by atoms with Crippen molar-refractivity contribution in [2.75, 3.05) is 6.61 Å². The van der Waals surface area contributed by atoms with Crippen LogP contribution in [0.25, 0.3) is 0 Å². The number of carbonyl (C=O) groups excluding carboxylic acids is 1. The second-order valence-electron chi connectivity index (χ2n) is 3.58. The maximum Gasteiger partial charge on any atom is 0.333 e. The van der Waals surface area contributed by atoms with Gasteiger partial charge in [0.2, 0.25) is 0 Å². The van der Waals surface area contributed by atoms with Gasteiger partial charge < -0.3 is 10.2 Å². The highest BCUT2D eigenvalue weighted by Crippen LogP contribution is 2.24. The van der Waals surface area contributed by atoms with Gasteiger partial charge in [0.1, 0.15) is 6.61 Å². The molecule has 0 radical (unpaired) electrons. The van der Waals surface area contributed by atoms with Gasteiger partial charge in [0, 0.05) is 6.08 Å². The standard InChI is InChI=1S/C10H8Cl2N2O4S/c11-8-2-1-7(4-9(8)12)19(16,17)14-13-6-3-10(15)18-5-6/h1-4,13-14H,5H2. The van der Waals surface area contributed by atoms with Gasteiger partial charge in [-0.2, -0.15) is 0 Å². The van der Waals surface area contributed by atoms with Crippen molar-refractivity contribution in [2.45, 2.75) is 4.90 Å². The Bertz CT molecular complexity index is 657. The Morgan fingerprint density at radius 2 is 1.95 bits per heavy atom. The number of nitrogens with one attached hydrogen (secondary N) is 2. The highest BCUT2D eigenvalue weighted by Gasteiger charge is 2.18. The zero-order valence-electron chi connectivity index (χ0n) is 9.31. The molecule has 2 N–H and O–H groups in total. The lowest BCUT2D eigenvalue weighted by molar-refractivity contribution is -0.134. The SMILES string of the molecule is O=C1C=C(NNS(=O)(=O)c2ccc(Cl)c(Cl)c2)CO1. The molecule has 0 fully saturated rings. The zero-order valence-corrected chi connectivity index (χ0v) is 11.6. The van der Waals surface area contributed by atoms with Gasteiger partial charge in [-0.05, 0) is 18.2 Å². The molecule has 0 aromatic heterocycles. The van der Waals surface area contributed by atoms with E-state index in [9.17, 15) is 13.2 Å². The highest BCUT2D eigenvalue weighted by molar-refractivity contribution is 7.89. The van der Waals surface area contributed by atoms with E-state index < -0.39 is 16.0 Å². The summed E-state index contributed by atoms with van der Waals surface area (Å²) in [6.07, 6.45) is 1.15. The fourth-order valence-corrected chi connectivity index (χ4v) is 2.55. The first-order valence-corrected chi connectivity index (χ1v) is 7.22. The van der Waals surface area contributed by atoms with E-state index in [1.54, 1.807) is 0 Å². The van der Waals surface area contributed by atoms with Crippen LogP contribution in [0.1, 0.15) is 0 Å². The Kier molecular flexibility index (Phi) is 4.00. The first kappa shape index (κ1) is 14.1. The molecule has 1 aromatic carbocycles. The van der Waals surface area contributed by atoms with Crippen molar-refractivity contribution < 1.29 is 17.9 Å². The average molecular weight is 323 g/mol.